The van der Waals surface area contributed by atoms with Gasteiger partial charge in [0.05, 0.1) is 25.7 Å². The van der Waals surface area contributed by atoms with Crippen LogP contribution in [-0.4, -0.2) is 97.3 Å². The van der Waals surface area contributed by atoms with Gasteiger partial charge in [0.2, 0.25) is 5.91 Å². The first kappa shape index (κ1) is 18.2. The number of hydrogen-bond donors (Lipinski definition) is 1. The van der Waals surface area contributed by atoms with E-state index in [9.17, 15) is 9.59 Å². The maximum Gasteiger partial charge on any atom is 0.309 e. The van der Waals surface area contributed by atoms with Crippen molar-refractivity contribution in [2.24, 2.45) is 5.92 Å². The number of amides is 1. The first-order valence-electron chi connectivity index (χ1n) is 8.64. The van der Waals surface area contributed by atoms with Gasteiger partial charge in [0, 0.05) is 45.8 Å². The summed E-state index contributed by atoms with van der Waals surface area (Å²) in [6.07, 6.45) is 1.41. The van der Waals surface area contributed by atoms with E-state index in [0.29, 0.717) is 45.6 Å². The third kappa shape index (κ3) is 5.44. The van der Waals surface area contributed by atoms with Crippen LogP contribution in [0.2, 0.25) is 0 Å². The lowest BCUT2D eigenvalue weighted by Crippen LogP contribution is -2.51. The molecule has 0 spiro atoms. The first-order valence-corrected chi connectivity index (χ1v) is 8.64. The molecule has 2 rings (SSSR count). The molecule has 0 aliphatic carbocycles. The first-order chi connectivity index (χ1) is 11.1. The molecule has 0 unspecified atom stereocenters. The number of likely N-dealkylation sites (tertiary alicyclic amines) is 1. The zero-order valence-electron chi connectivity index (χ0n) is 14.1. The van der Waals surface area contributed by atoms with Crippen LogP contribution in [0.5, 0.6) is 0 Å². The summed E-state index contributed by atoms with van der Waals surface area (Å²) in [5, 5.41) is 8.95. The van der Waals surface area contributed by atoms with E-state index in [1.165, 1.54) is 0 Å². The Bertz CT molecular complexity index is 389. The highest BCUT2D eigenvalue weighted by Crippen LogP contribution is 2.19. The van der Waals surface area contributed by atoms with E-state index in [-0.39, 0.29) is 24.4 Å². The topological polar surface area (TPSA) is 73.3 Å². The predicted octanol–water partition coefficient (Wildman–Crippen LogP) is -0.602. The molecule has 0 aromatic carbocycles. The van der Waals surface area contributed by atoms with Crippen molar-refractivity contribution in [2.75, 3.05) is 65.6 Å². The van der Waals surface area contributed by atoms with Crippen LogP contribution in [-0.2, 0) is 14.3 Å². The molecule has 132 valence electrons. The summed E-state index contributed by atoms with van der Waals surface area (Å²) in [6, 6.07) is 0. The van der Waals surface area contributed by atoms with Gasteiger partial charge in [0.15, 0.2) is 0 Å². The lowest BCUT2D eigenvalue weighted by molar-refractivity contribution is -0.151. The molecular formula is C16H29N3O4. The number of carbonyl (C=O) groups is 2. The normalized spacial score (nSPS) is 21.4. The molecule has 0 aromatic rings. The molecule has 2 aliphatic rings. The number of piperidine rings is 1. The van der Waals surface area contributed by atoms with Crippen molar-refractivity contribution in [2.45, 2.75) is 19.8 Å². The second-order valence-electron chi connectivity index (χ2n) is 6.25. The number of aliphatic hydroxyl groups is 1. The number of aliphatic hydroxyl groups excluding tert-OH is 1. The SMILES string of the molecule is CCOC(=O)C1CCN(C(=O)CN2CCN(CCO)CC2)CC1. The van der Waals surface area contributed by atoms with Crippen molar-refractivity contribution in [1.82, 2.24) is 14.7 Å². The largest absolute Gasteiger partial charge is 0.466 e. The zero-order valence-corrected chi connectivity index (χ0v) is 14.1. The lowest BCUT2D eigenvalue weighted by Gasteiger charge is -2.36. The molecule has 7 heteroatoms. The van der Waals surface area contributed by atoms with Gasteiger partial charge in [-0.1, -0.05) is 0 Å². The molecule has 1 amide bonds. The van der Waals surface area contributed by atoms with Crippen LogP contribution in [0, 0.1) is 5.92 Å². The van der Waals surface area contributed by atoms with Gasteiger partial charge in [0.25, 0.3) is 0 Å². The Balaban J connectivity index is 1.68. The van der Waals surface area contributed by atoms with Crippen LogP contribution in [0.25, 0.3) is 0 Å². The number of β-amino-alcohol motifs (C(OH)–C–C–N with tert-alkyl or cyclic N) is 1. The second-order valence-corrected chi connectivity index (χ2v) is 6.25. The summed E-state index contributed by atoms with van der Waals surface area (Å²) < 4.78 is 5.06. The van der Waals surface area contributed by atoms with Crippen LogP contribution in [0.3, 0.4) is 0 Å². The van der Waals surface area contributed by atoms with E-state index in [4.69, 9.17) is 9.84 Å². The van der Waals surface area contributed by atoms with Gasteiger partial charge < -0.3 is 14.7 Å². The number of esters is 1. The van der Waals surface area contributed by atoms with Gasteiger partial charge >= 0.3 is 5.97 Å². The summed E-state index contributed by atoms with van der Waals surface area (Å²) >= 11 is 0. The van der Waals surface area contributed by atoms with Crippen molar-refractivity contribution in [3.8, 4) is 0 Å². The van der Waals surface area contributed by atoms with Crippen LogP contribution in [0.4, 0.5) is 0 Å². The predicted molar refractivity (Wildman–Crippen MR) is 85.9 cm³/mol. The molecule has 1 N–H and O–H groups in total. The summed E-state index contributed by atoms with van der Waals surface area (Å²) in [6.45, 7) is 8.42. The van der Waals surface area contributed by atoms with Gasteiger partial charge in [-0.05, 0) is 19.8 Å². The van der Waals surface area contributed by atoms with E-state index in [2.05, 4.69) is 9.80 Å². The van der Waals surface area contributed by atoms with Gasteiger partial charge in [-0.2, -0.15) is 0 Å². The maximum atomic E-state index is 12.4. The number of nitrogens with zero attached hydrogens (tertiary/aromatic N) is 3. The van der Waals surface area contributed by atoms with E-state index >= 15 is 0 Å². The van der Waals surface area contributed by atoms with Gasteiger partial charge in [0.1, 0.15) is 0 Å². The van der Waals surface area contributed by atoms with E-state index in [0.717, 1.165) is 26.2 Å². The van der Waals surface area contributed by atoms with Crippen molar-refractivity contribution in [3.05, 3.63) is 0 Å². The quantitative estimate of drug-likeness (QED) is 0.657. The molecule has 2 saturated heterocycles. The van der Waals surface area contributed by atoms with Crippen LogP contribution >= 0.6 is 0 Å². The average Bonchev–Trinajstić information content (AvgIpc) is 2.57. The number of ether oxygens (including phenoxy) is 1. The standard InChI is InChI=1S/C16H29N3O4/c1-2-23-16(22)14-3-5-19(6-4-14)15(21)13-18-9-7-17(8-10-18)11-12-20/h14,20H,2-13H2,1H3. The van der Waals surface area contributed by atoms with Gasteiger partial charge in [-0.15, -0.1) is 0 Å². The Kier molecular flexibility index (Phi) is 7.26. The second kappa shape index (κ2) is 9.20. The molecule has 0 radical (unpaired) electrons. The third-order valence-electron chi connectivity index (χ3n) is 4.71. The molecule has 0 atom stereocenters. The Morgan fingerprint density at radius 2 is 1.65 bits per heavy atom. The molecule has 23 heavy (non-hydrogen) atoms. The number of rotatable bonds is 6. The minimum absolute atomic E-state index is 0.0546. The fourth-order valence-electron chi connectivity index (χ4n) is 3.23. The van der Waals surface area contributed by atoms with Gasteiger partial charge in [-0.3, -0.25) is 19.4 Å². The highest BCUT2D eigenvalue weighted by molar-refractivity contribution is 5.79. The van der Waals surface area contributed by atoms with Crippen LogP contribution in [0.15, 0.2) is 0 Å². The van der Waals surface area contributed by atoms with Crippen molar-refractivity contribution < 1.29 is 19.4 Å². The zero-order chi connectivity index (χ0) is 16.7. The number of piperazine rings is 1. The summed E-state index contributed by atoms with van der Waals surface area (Å²) in [5.74, 6) is -0.0245. The van der Waals surface area contributed by atoms with E-state index in [1.54, 1.807) is 0 Å². The minimum atomic E-state index is -0.125. The van der Waals surface area contributed by atoms with E-state index < -0.39 is 0 Å². The van der Waals surface area contributed by atoms with Crippen molar-refractivity contribution >= 4 is 11.9 Å². The Labute approximate surface area is 138 Å². The maximum absolute atomic E-state index is 12.4. The monoisotopic (exact) mass is 327 g/mol. The fraction of sp³-hybridized carbons (Fsp3) is 0.875. The molecule has 0 bridgehead atoms. The summed E-state index contributed by atoms with van der Waals surface area (Å²) in [7, 11) is 0. The van der Waals surface area contributed by atoms with Gasteiger partial charge in [-0.25, -0.2) is 0 Å². The number of hydrogen-bond acceptors (Lipinski definition) is 6. The van der Waals surface area contributed by atoms with Crippen LogP contribution in [0.1, 0.15) is 19.8 Å². The van der Waals surface area contributed by atoms with Crippen molar-refractivity contribution in [1.29, 1.82) is 0 Å². The molecule has 2 aliphatic heterocycles. The summed E-state index contributed by atoms with van der Waals surface area (Å²) in [4.78, 5) is 30.4. The lowest BCUT2D eigenvalue weighted by atomic mass is 9.97. The highest BCUT2D eigenvalue weighted by Gasteiger charge is 2.29. The minimum Gasteiger partial charge on any atom is -0.466 e. The molecule has 2 heterocycles. The Morgan fingerprint density at radius 3 is 2.22 bits per heavy atom. The summed E-state index contributed by atoms with van der Waals surface area (Å²) in [5.41, 5.74) is 0. The molecule has 0 saturated carbocycles. The highest BCUT2D eigenvalue weighted by atomic mass is 16.5. The average molecular weight is 327 g/mol. The molecular weight excluding hydrogens is 298 g/mol. The Hall–Kier alpha value is -1.18. The van der Waals surface area contributed by atoms with Crippen molar-refractivity contribution in [3.63, 3.8) is 0 Å². The molecule has 2 fully saturated rings. The Morgan fingerprint density at radius 1 is 1.04 bits per heavy atom. The third-order valence-corrected chi connectivity index (χ3v) is 4.71. The van der Waals surface area contributed by atoms with E-state index in [1.807, 2.05) is 11.8 Å². The smallest absolute Gasteiger partial charge is 0.309 e. The fourth-order valence-corrected chi connectivity index (χ4v) is 3.23. The van der Waals surface area contributed by atoms with Crippen LogP contribution < -0.4 is 0 Å². The molecule has 0 aromatic heterocycles. The molecule has 7 nitrogen and oxygen atoms in total. The number of carbonyl (C=O) groups excluding carboxylic acids is 2.